The Hall–Kier alpha value is -1.46. The maximum absolute atomic E-state index is 10.6. The van der Waals surface area contributed by atoms with E-state index in [1.807, 2.05) is 24.5 Å². The number of hydrogen-bond acceptors (Lipinski definition) is 4. The lowest BCUT2D eigenvalue weighted by atomic mass is 10.0. The Balaban J connectivity index is 1.89. The Morgan fingerprint density at radius 3 is 2.95 bits per heavy atom. The number of pyridine rings is 1. The van der Waals surface area contributed by atoms with Gasteiger partial charge in [0.25, 0.3) is 0 Å². The first-order valence-electron chi connectivity index (χ1n) is 6.73. The van der Waals surface area contributed by atoms with Crippen LogP contribution in [-0.4, -0.2) is 46.1 Å². The molecule has 5 nitrogen and oxygen atoms in total. The number of aromatic nitrogens is 1. The number of nitrogens with zero attached hydrogens (tertiary/aromatic N) is 2. The van der Waals surface area contributed by atoms with Crippen molar-refractivity contribution in [3.8, 4) is 0 Å². The van der Waals surface area contributed by atoms with E-state index in [9.17, 15) is 4.79 Å². The highest BCUT2D eigenvalue weighted by Gasteiger charge is 2.25. The predicted molar refractivity (Wildman–Crippen MR) is 72.8 cm³/mol. The lowest BCUT2D eigenvalue weighted by molar-refractivity contribution is -0.137. The smallest absolute Gasteiger partial charge is 0.303 e. The molecule has 1 fully saturated rings. The molecule has 0 saturated carbocycles. The molecule has 2 atom stereocenters. The summed E-state index contributed by atoms with van der Waals surface area (Å²) in [6.45, 7) is 4.91. The van der Waals surface area contributed by atoms with E-state index in [2.05, 4.69) is 22.1 Å². The van der Waals surface area contributed by atoms with E-state index in [4.69, 9.17) is 5.11 Å². The minimum Gasteiger partial charge on any atom is -0.481 e. The molecule has 2 N–H and O–H groups in total. The van der Waals surface area contributed by atoms with Gasteiger partial charge in [-0.3, -0.25) is 14.7 Å². The van der Waals surface area contributed by atoms with Gasteiger partial charge in [-0.1, -0.05) is 0 Å². The number of aliphatic carboxylic acids is 1. The number of nitrogens with one attached hydrogen (secondary N) is 1. The van der Waals surface area contributed by atoms with Crippen LogP contribution in [0.25, 0.3) is 0 Å². The summed E-state index contributed by atoms with van der Waals surface area (Å²) in [7, 11) is 0. The molecule has 1 aromatic heterocycles. The number of carboxylic acids is 1. The summed E-state index contributed by atoms with van der Waals surface area (Å²) in [5, 5.41) is 12.2. The number of hydrogen-bond donors (Lipinski definition) is 2. The molecule has 1 saturated heterocycles. The lowest BCUT2D eigenvalue weighted by Crippen LogP contribution is -2.54. The molecular weight excluding hydrogens is 242 g/mol. The zero-order chi connectivity index (χ0) is 13.7. The number of carboxylic acid groups (broad SMARTS) is 1. The second kappa shape index (κ2) is 6.63. The molecule has 2 unspecified atom stereocenters. The van der Waals surface area contributed by atoms with E-state index in [0.29, 0.717) is 12.5 Å². The SMILES string of the molecule is CC1CNC(CCC(=O)O)CN1Cc1ccncc1. The molecule has 0 radical (unpaired) electrons. The Morgan fingerprint density at radius 1 is 1.53 bits per heavy atom. The predicted octanol–water partition coefficient (Wildman–Crippen LogP) is 1.11. The Labute approximate surface area is 113 Å². The van der Waals surface area contributed by atoms with Crippen molar-refractivity contribution in [1.29, 1.82) is 0 Å². The van der Waals surface area contributed by atoms with Crippen molar-refractivity contribution in [3.05, 3.63) is 30.1 Å². The van der Waals surface area contributed by atoms with E-state index in [-0.39, 0.29) is 12.5 Å². The summed E-state index contributed by atoms with van der Waals surface area (Å²) < 4.78 is 0. The quantitative estimate of drug-likeness (QED) is 0.833. The van der Waals surface area contributed by atoms with Gasteiger partial charge < -0.3 is 10.4 Å². The van der Waals surface area contributed by atoms with Gasteiger partial charge >= 0.3 is 5.97 Å². The van der Waals surface area contributed by atoms with Crippen LogP contribution in [0.2, 0.25) is 0 Å². The Bertz CT molecular complexity index is 410. The first kappa shape index (κ1) is 14.0. The minimum absolute atomic E-state index is 0.231. The molecule has 1 aliphatic rings. The molecule has 1 aromatic rings. The summed E-state index contributed by atoms with van der Waals surface area (Å²) in [6.07, 6.45) is 4.54. The second-order valence-electron chi connectivity index (χ2n) is 5.17. The van der Waals surface area contributed by atoms with Crippen molar-refractivity contribution < 1.29 is 9.90 Å². The molecule has 0 aromatic carbocycles. The third-order valence-electron chi connectivity index (χ3n) is 3.62. The molecule has 0 bridgehead atoms. The van der Waals surface area contributed by atoms with Crippen LogP contribution in [0.4, 0.5) is 0 Å². The largest absolute Gasteiger partial charge is 0.481 e. The van der Waals surface area contributed by atoms with Crippen molar-refractivity contribution >= 4 is 5.97 Å². The molecule has 2 rings (SSSR count). The van der Waals surface area contributed by atoms with Crippen molar-refractivity contribution in [1.82, 2.24) is 15.2 Å². The van der Waals surface area contributed by atoms with E-state index < -0.39 is 5.97 Å². The van der Waals surface area contributed by atoms with Crippen LogP contribution in [0, 0.1) is 0 Å². The van der Waals surface area contributed by atoms with Crippen molar-refractivity contribution in [2.75, 3.05) is 13.1 Å². The van der Waals surface area contributed by atoms with E-state index >= 15 is 0 Å². The van der Waals surface area contributed by atoms with Gasteiger partial charge in [-0.05, 0) is 31.0 Å². The highest BCUT2D eigenvalue weighted by atomic mass is 16.4. The third kappa shape index (κ3) is 4.29. The molecular formula is C14H21N3O2. The van der Waals surface area contributed by atoms with Crippen LogP contribution in [-0.2, 0) is 11.3 Å². The average Bonchev–Trinajstić information content (AvgIpc) is 2.41. The average molecular weight is 263 g/mol. The first-order valence-corrected chi connectivity index (χ1v) is 6.73. The van der Waals surface area contributed by atoms with E-state index in [1.165, 1.54) is 5.56 Å². The molecule has 104 valence electrons. The number of carbonyl (C=O) groups is 1. The molecule has 19 heavy (non-hydrogen) atoms. The fraction of sp³-hybridized carbons (Fsp3) is 0.571. The summed E-state index contributed by atoms with van der Waals surface area (Å²) in [5.74, 6) is -0.721. The fourth-order valence-electron chi connectivity index (χ4n) is 2.43. The van der Waals surface area contributed by atoms with Crippen LogP contribution in [0.3, 0.4) is 0 Å². The maximum Gasteiger partial charge on any atom is 0.303 e. The molecule has 1 aliphatic heterocycles. The molecule has 0 aliphatic carbocycles. The standard InChI is InChI=1S/C14H21N3O2/c1-11-8-16-13(2-3-14(18)19)10-17(11)9-12-4-6-15-7-5-12/h4-7,11,13,16H,2-3,8-10H2,1H3,(H,18,19). The first-order chi connectivity index (χ1) is 9.15. The van der Waals surface area contributed by atoms with Crippen LogP contribution < -0.4 is 5.32 Å². The number of piperazine rings is 1. The summed E-state index contributed by atoms with van der Waals surface area (Å²) in [4.78, 5) is 17.1. The van der Waals surface area contributed by atoms with Gasteiger partial charge in [-0.2, -0.15) is 0 Å². The zero-order valence-electron chi connectivity index (χ0n) is 11.2. The van der Waals surface area contributed by atoms with E-state index in [1.54, 1.807) is 0 Å². The molecule has 0 amide bonds. The van der Waals surface area contributed by atoms with Gasteiger partial charge in [0, 0.05) is 50.5 Å². The Morgan fingerprint density at radius 2 is 2.26 bits per heavy atom. The highest BCUT2D eigenvalue weighted by molar-refractivity contribution is 5.66. The van der Waals surface area contributed by atoms with Gasteiger partial charge in [0.15, 0.2) is 0 Å². The van der Waals surface area contributed by atoms with Gasteiger partial charge in [-0.25, -0.2) is 0 Å². The summed E-state index contributed by atoms with van der Waals surface area (Å²) in [6, 6.07) is 4.80. The topological polar surface area (TPSA) is 65.5 Å². The second-order valence-corrected chi connectivity index (χ2v) is 5.17. The van der Waals surface area contributed by atoms with Crippen molar-refractivity contribution in [2.24, 2.45) is 0 Å². The zero-order valence-corrected chi connectivity index (χ0v) is 11.2. The van der Waals surface area contributed by atoms with Crippen LogP contribution in [0.5, 0.6) is 0 Å². The maximum atomic E-state index is 10.6. The highest BCUT2D eigenvalue weighted by Crippen LogP contribution is 2.14. The van der Waals surface area contributed by atoms with Crippen LogP contribution in [0.1, 0.15) is 25.3 Å². The summed E-state index contributed by atoms with van der Waals surface area (Å²) >= 11 is 0. The fourth-order valence-corrected chi connectivity index (χ4v) is 2.43. The van der Waals surface area contributed by atoms with Gasteiger partial charge in [0.2, 0.25) is 0 Å². The lowest BCUT2D eigenvalue weighted by Gasteiger charge is -2.38. The van der Waals surface area contributed by atoms with Crippen LogP contribution in [0.15, 0.2) is 24.5 Å². The molecule has 2 heterocycles. The van der Waals surface area contributed by atoms with Crippen LogP contribution >= 0.6 is 0 Å². The van der Waals surface area contributed by atoms with Crippen molar-refractivity contribution in [3.63, 3.8) is 0 Å². The molecule has 0 spiro atoms. The monoisotopic (exact) mass is 263 g/mol. The third-order valence-corrected chi connectivity index (χ3v) is 3.62. The minimum atomic E-state index is -0.721. The number of rotatable bonds is 5. The van der Waals surface area contributed by atoms with Gasteiger partial charge in [-0.15, -0.1) is 0 Å². The van der Waals surface area contributed by atoms with E-state index in [0.717, 1.165) is 19.6 Å². The summed E-state index contributed by atoms with van der Waals surface area (Å²) in [5.41, 5.74) is 1.25. The van der Waals surface area contributed by atoms with Crippen molar-refractivity contribution in [2.45, 2.75) is 38.4 Å². The normalized spacial score (nSPS) is 24.3. The van der Waals surface area contributed by atoms with Gasteiger partial charge in [0.1, 0.15) is 0 Å². The molecule has 5 heteroatoms. The Kier molecular flexibility index (Phi) is 4.87. The van der Waals surface area contributed by atoms with Gasteiger partial charge in [0.05, 0.1) is 0 Å².